The summed E-state index contributed by atoms with van der Waals surface area (Å²) in [6.45, 7) is 3.14. The van der Waals surface area contributed by atoms with Crippen LogP contribution in [0.3, 0.4) is 0 Å². The number of nitrogens with one attached hydrogen (secondary N) is 1. The molecule has 1 heterocycles. The lowest BCUT2D eigenvalue weighted by Gasteiger charge is -2.08. The van der Waals surface area contributed by atoms with Crippen LogP contribution >= 0.6 is 15.9 Å². The van der Waals surface area contributed by atoms with Crippen LogP contribution in [0.25, 0.3) is 0 Å². The summed E-state index contributed by atoms with van der Waals surface area (Å²) in [7, 11) is 1.65. The minimum atomic E-state index is -0.106. The summed E-state index contributed by atoms with van der Waals surface area (Å²) in [6, 6.07) is 0. The first-order chi connectivity index (χ1) is 9.66. The van der Waals surface area contributed by atoms with Crippen LogP contribution < -0.4 is 10.9 Å². The Bertz CT molecular complexity index is 445. The quantitative estimate of drug-likeness (QED) is 0.650. The van der Waals surface area contributed by atoms with E-state index >= 15 is 0 Å². The first-order valence-corrected chi connectivity index (χ1v) is 8.41. The highest BCUT2D eigenvalue weighted by atomic mass is 79.9. The second-order valence-corrected chi connectivity index (χ2v) is 6.00. The predicted octanol–water partition coefficient (Wildman–Crippen LogP) is 4.10. The van der Waals surface area contributed by atoms with Crippen molar-refractivity contribution in [3.8, 4) is 0 Å². The van der Waals surface area contributed by atoms with E-state index in [2.05, 4.69) is 33.3 Å². The van der Waals surface area contributed by atoms with Gasteiger partial charge in [0.15, 0.2) is 0 Å². The van der Waals surface area contributed by atoms with Crippen molar-refractivity contribution in [3.05, 3.63) is 21.0 Å². The van der Waals surface area contributed by atoms with Gasteiger partial charge in [0.2, 0.25) is 0 Å². The molecule has 0 amide bonds. The van der Waals surface area contributed by atoms with Crippen molar-refractivity contribution in [2.75, 3.05) is 11.9 Å². The van der Waals surface area contributed by atoms with E-state index in [9.17, 15) is 4.79 Å². The van der Waals surface area contributed by atoms with Gasteiger partial charge in [-0.05, 0) is 22.4 Å². The molecular weight excluding hydrogens is 318 g/mol. The average Bonchev–Trinajstić information content (AvgIpc) is 2.45. The molecule has 5 heteroatoms. The van der Waals surface area contributed by atoms with Crippen molar-refractivity contribution in [2.24, 2.45) is 7.05 Å². The Morgan fingerprint density at radius 1 is 1.15 bits per heavy atom. The molecule has 0 unspecified atom stereocenters. The van der Waals surface area contributed by atoms with E-state index in [-0.39, 0.29) is 5.56 Å². The fraction of sp³-hybridized carbons (Fsp3) is 0.733. The first-order valence-electron chi connectivity index (χ1n) is 7.62. The Kier molecular flexibility index (Phi) is 8.58. The summed E-state index contributed by atoms with van der Waals surface area (Å²) >= 11 is 3.31. The number of unbranched alkanes of at least 4 members (excludes halogenated alkanes) is 7. The van der Waals surface area contributed by atoms with Gasteiger partial charge in [0.25, 0.3) is 5.56 Å². The Morgan fingerprint density at radius 3 is 2.40 bits per heavy atom. The number of rotatable bonds is 10. The van der Waals surface area contributed by atoms with Gasteiger partial charge in [0.1, 0.15) is 4.47 Å². The molecule has 0 aliphatic carbocycles. The summed E-state index contributed by atoms with van der Waals surface area (Å²) < 4.78 is 1.89. The molecule has 0 bridgehead atoms. The Morgan fingerprint density at radius 2 is 1.75 bits per heavy atom. The average molecular weight is 344 g/mol. The molecule has 1 aromatic rings. The largest absolute Gasteiger partial charge is 0.383 e. The normalized spacial score (nSPS) is 10.8. The molecule has 0 radical (unpaired) electrons. The summed E-state index contributed by atoms with van der Waals surface area (Å²) in [6.07, 6.45) is 12.1. The molecule has 0 aliphatic heterocycles. The molecule has 0 fully saturated rings. The standard InChI is InChI=1S/C15H26BrN3O/c1-3-4-5-6-7-8-9-10-11-17-13-12-18-19(2)15(20)14(13)16/h12,17H,3-11H2,1-2H3. The monoisotopic (exact) mass is 343 g/mol. The third-order valence-corrected chi connectivity index (χ3v) is 4.19. The fourth-order valence-electron chi connectivity index (χ4n) is 2.12. The molecule has 4 nitrogen and oxygen atoms in total. The van der Waals surface area contributed by atoms with Crippen LogP contribution in [0.5, 0.6) is 0 Å². The molecule has 1 aromatic heterocycles. The van der Waals surface area contributed by atoms with E-state index in [1.54, 1.807) is 13.2 Å². The number of anilines is 1. The van der Waals surface area contributed by atoms with Gasteiger partial charge in [0.05, 0.1) is 11.9 Å². The Labute approximate surface area is 130 Å². The van der Waals surface area contributed by atoms with Gasteiger partial charge < -0.3 is 5.32 Å². The zero-order valence-electron chi connectivity index (χ0n) is 12.6. The van der Waals surface area contributed by atoms with Crippen LogP contribution in [0.4, 0.5) is 5.69 Å². The van der Waals surface area contributed by atoms with E-state index in [1.807, 2.05) is 0 Å². The van der Waals surface area contributed by atoms with Gasteiger partial charge in [-0.25, -0.2) is 4.68 Å². The van der Waals surface area contributed by atoms with Crippen molar-refractivity contribution >= 4 is 21.6 Å². The molecule has 0 spiro atoms. The van der Waals surface area contributed by atoms with Crippen molar-refractivity contribution < 1.29 is 0 Å². The topological polar surface area (TPSA) is 46.9 Å². The minimum Gasteiger partial charge on any atom is -0.383 e. The van der Waals surface area contributed by atoms with Crippen LogP contribution in [0.2, 0.25) is 0 Å². The van der Waals surface area contributed by atoms with E-state index in [4.69, 9.17) is 0 Å². The second kappa shape index (κ2) is 9.97. The van der Waals surface area contributed by atoms with Crippen LogP contribution in [0.15, 0.2) is 15.5 Å². The van der Waals surface area contributed by atoms with Crippen LogP contribution in [0.1, 0.15) is 58.3 Å². The molecule has 1 N–H and O–H groups in total. The highest BCUT2D eigenvalue weighted by Gasteiger charge is 2.05. The predicted molar refractivity (Wildman–Crippen MR) is 88.3 cm³/mol. The van der Waals surface area contributed by atoms with Crippen LogP contribution in [0, 0.1) is 0 Å². The van der Waals surface area contributed by atoms with Gasteiger partial charge in [-0.3, -0.25) is 4.79 Å². The number of hydrogen-bond donors (Lipinski definition) is 1. The van der Waals surface area contributed by atoms with Crippen molar-refractivity contribution in [3.63, 3.8) is 0 Å². The summed E-state index contributed by atoms with van der Waals surface area (Å²) in [5.41, 5.74) is 0.682. The number of aromatic nitrogens is 2. The maximum atomic E-state index is 11.7. The molecule has 20 heavy (non-hydrogen) atoms. The fourth-order valence-corrected chi connectivity index (χ4v) is 2.62. The van der Waals surface area contributed by atoms with Crippen molar-refractivity contribution in [1.82, 2.24) is 9.78 Å². The zero-order valence-corrected chi connectivity index (χ0v) is 14.2. The first kappa shape index (κ1) is 17.2. The number of halogens is 1. The highest BCUT2D eigenvalue weighted by molar-refractivity contribution is 9.10. The summed E-state index contributed by atoms with van der Waals surface area (Å²) in [5, 5.41) is 7.28. The SMILES string of the molecule is CCCCCCCCCCNc1cnn(C)c(=O)c1Br. The molecule has 114 valence electrons. The number of hydrogen-bond acceptors (Lipinski definition) is 3. The lowest BCUT2D eigenvalue weighted by molar-refractivity contribution is 0.581. The maximum Gasteiger partial charge on any atom is 0.282 e. The lowest BCUT2D eigenvalue weighted by atomic mass is 10.1. The van der Waals surface area contributed by atoms with E-state index in [1.165, 1.54) is 49.6 Å². The Balaban J connectivity index is 2.13. The number of aryl methyl sites for hydroxylation is 1. The zero-order chi connectivity index (χ0) is 14.8. The molecule has 0 saturated heterocycles. The molecular formula is C15H26BrN3O. The third-order valence-electron chi connectivity index (χ3n) is 3.42. The molecule has 1 rings (SSSR count). The van der Waals surface area contributed by atoms with Gasteiger partial charge in [-0.2, -0.15) is 5.10 Å². The van der Waals surface area contributed by atoms with E-state index in [0.29, 0.717) is 4.47 Å². The summed E-state index contributed by atoms with van der Waals surface area (Å²) in [4.78, 5) is 11.7. The summed E-state index contributed by atoms with van der Waals surface area (Å²) in [5.74, 6) is 0. The molecule has 0 saturated carbocycles. The maximum absolute atomic E-state index is 11.7. The van der Waals surface area contributed by atoms with E-state index in [0.717, 1.165) is 18.7 Å². The van der Waals surface area contributed by atoms with Gasteiger partial charge in [0, 0.05) is 13.6 Å². The van der Waals surface area contributed by atoms with Gasteiger partial charge >= 0.3 is 0 Å². The second-order valence-electron chi connectivity index (χ2n) is 5.20. The number of nitrogens with zero attached hydrogens (tertiary/aromatic N) is 2. The van der Waals surface area contributed by atoms with Crippen LogP contribution in [-0.2, 0) is 7.05 Å². The minimum absolute atomic E-state index is 0.106. The van der Waals surface area contributed by atoms with Gasteiger partial charge in [-0.15, -0.1) is 0 Å². The highest BCUT2D eigenvalue weighted by Crippen LogP contribution is 2.16. The smallest absolute Gasteiger partial charge is 0.282 e. The van der Waals surface area contributed by atoms with Crippen LogP contribution in [-0.4, -0.2) is 16.3 Å². The van der Waals surface area contributed by atoms with E-state index < -0.39 is 0 Å². The third kappa shape index (κ3) is 6.07. The Hall–Kier alpha value is -0.840. The van der Waals surface area contributed by atoms with Crippen molar-refractivity contribution in [2.45, 2.75) is 58.3 Å². The lowest BCUT2D eigenvalue weighted by Crippen LogP contribution is -2.21. The van der Waals surface area contributed by atoms with Gasteiger partial charge in [-0.1, -0.05) is 51.9 Å². The van der Waals surface area contributed by atoms with Crippen molar-refractivity contribution in [1.29, 1.82) is 0 Å². The molecule has 0 atom stereocenters. The molecule has 0 aliphatic rings. The molecule has 0 aromatic carbocycles.